The first-order chi connectivity index (χ1) is 6.69. The minimum absolute atomic E-state index is 0.222. The second kappa shape index (κ2) is 5.10. The molecule has 0 bridgehead atoms. The third-order valence-corrected chi connectivity index (χ3v) is 2.24. The molecule has 0 aliphatic heterocycles. The Morgan fingerprint density at radius 3 is 2.57 bits per heavy atom. The minimum atomic E-state index is 0.222. The maximum atomic E-state index is 5.65. The maximum absolute atomic E-state index is 5.65. The third-order valence-electron chi connectivity index (χ3n) is 2.24. The van der Waals surface area contributed by atoms with Gasteiger partial charge in [0.2, 0.25) is 5.89 Å². The average Bonchev–Trinajstić information content (AvgIpc) is 2.63. The van der Waals surface area contributed by atoms with Crippen LogP contribution in [-0.2, 0) is 0 Å². The number of aromatic nitrogens is 2. The Labute approximate surface area is 84.9 Å². The van der Waals surface area contributed by atoms with E-state index < -0.39 is 0 Å². The fourth-order valence-electron chi connectivity index (χ4n) is 1.34. The molecule has 4 heteroatoms. The second-order valence-electron chi connectivity index (χ2n) is 3.87. The molecule has 80 valence electrons. The fourth-order valence-corrected chi connectivity index (χ4v) is 1.34. The summed E-state index contributed by atoms with van der Waals surface area (Å²) in [4.78, 5) is 4.34. The monoisotopic (exact) mass is 197 g/mol. The molecule has 14 heavy (non-hydrogen) atoms. The molecule has 2 N–H and O–H groups in total. The number of hydrogen-bond donors (Lipinski definition) is 1. The van der Waals surface area contributed by atoms with Crippen molar-refractivity contribution >= 4 is 0 Å². The molecule has 0 aromatic carbocycles. The topological polar surface area (TPSA) is 64.9 Å². The highest BCUT2D eigenvalue weighted by Gasteiger charge is 2.17. The van der Waals surface area contributed by atoms with Crippen molar-refractivity contribution in [3.63, 3.8) is 0 Å². The van der Waals surface area contributed by atoms with Gasteiger partial charge in [-0.15, -0.1) is 0 Å². The summed E-state index contributed by atoms with van der Waals surface area (Å²) in [6.45, 7) is 6.80. The van der Waals surface area contributed by atoms with Gasteiger partial charge in [-0.05, 0) is 6.42 Å². The van der Waals surface area contributed by atoms with E-state index in [4.69, 9.17) is 10.3 Å². The lowest BCUT2D eigenvalue weighted by Gasteiger charge is -2.06. The molecule has 0 saturated heterocycles. The van der Waals surface area contributed by atoms with Crippen LogP contribution in [-0.4, -0.2) is 16.7 Å². The number of rotatable bonds is 5. The summed E-state index contributed by atoms with van der Waals surface area (Å²) in [6, 6.07) is 0. The molecule has 0 radical (unpaired) electrons. The zero-order valence-corrected chi connectivity index (χ0v) is 9.16. The third kappa shape index (κ3) is 2.54. The predicted octanol–water partition coefficient (Wildman–Crippen LogP) is 2.04. The Morgan fingerprint density at radius 1 is 1.43 bits per heavy atom. The number of nitrogens with zero attached hydrogens (tertiary/aromatic N) is 2. The Kier molecular flexibility index (Phi) is 4.07. The van der Waals surface area contributed by atoms with Gasteiger partial charge in [0.15, 0.2) is 5.82 Å². The van der Waals surface area contributed by atoms with E-state index in [0.717, 1.165) is 18.7 Å². The Morgan fingerprint density at radius 2 is 2.14 bits per heavy atom. The predicted molar refractivity (Wildman–Crippen MR) is 55.1 cm³/mol. The molecule has 1 aromatic rings. The van der Waals surface area contributed by atoms with Crippen LogP contribution in [0.15, 0.2) is 4.52 Å². The van der Waals surface area contributed by atoms with Crippen LogP contribution in [0.4, 0.5) is 0 Å². The zero-order chi connectivity index (χ0) is 10.6. The first-order valence-corrected chi connectivity index (χ1v) is 5.22. The number of hydrogen-bond acceptors (Lipinski definition) is 4. The minimum Gasteiger partial charge on any atom is -0.339 e. The molecule has 1 rings (SSSR count). The van der Waals surface area contributed by atoms with Gasteiger partial charge in [0.25, 0.3) is 0 Å². The van der Waals surface area contributed by atoms with Crippen LogP contribution in [0.5, 0.6) is 0 Å². The summed E-state index contributed by atoms with van der Waals surface area (Å²) in [6.07, 6.45) is 2.09. The van der Waals surface area contributed by atoms with Crippen LogP contribution in [0.1, 0.15) is 57.2 Å². The van der Waals surface area contributed by atoms with Crippen LogP contribution in [0, 0.1) is 0 Å². The van der Waals surface area contributed by atoms with Gasteiger partial charge in [0.05, 0.1) is 5.92 Å². The molecule has 0 amide bonds. The smallest absolute Gasteiger partial charge is 0.231 e. The van der Waals surface area contributed by atoms with E-state index in [1.54, 1.807) is 0 Å². The van der Waals surface area contributed by atoms with Crippen LogP contribution in [0.25, 0.3) is 0 Å². The van der Waals surface area contributed by atoms with Gasteiger partial charge in [-0.25, -0.2) is 0 Å². The van der Waals surface area contributed by atoms with Gasteiger partial charge in [0.1, 0.15) is 0 Å². The van der Waals surface area contributed by atoms with Crippen molar-refractivity contribution in [1.29, 1.82) is 0 Å². The van der Waals surface area contributed by atoms with E-state index >= 15 is 0 Å². The SMILES string of the molecule is CCCC(CN)c1nc(C(C)C)no1. The van der Waals surface area contributed by atoms with Crippen molar-refractivity contribution in [1.82, 2.24) is 10.1 Å². The largest absolute Gasteiger partial charge is 0.339 e. The van der Waals surface area contributed by atoms with Crippen LogP contribution >= 0.6 is 0 Å². The van der Waals surface area contributed by atoms with Crippen molar-refractivity contribution in [3.05, 3.63) is 11.7 Å². The first kappa shape index (κ1) is 11.2. The van der Waals surface area contributed by atoms with Crippen molar-refractivity contribution in [3.8, 4) is 0 Å². The second-order valence-corrected chi connectivity index (χ2v) is 3.87. The van der Waals surface area contributed by atoms with Crippen LogP contribution in [0.3, 0.4) is 0 Å². The summed E-state index contributed by atoms with van der Waals surface area (Å²) in [5, 5.41) is 3.93. The summed E-state index contributed by atoms with van der Waals surface area (Å²) in [5.74, 6) is 2.00. The molecular weight excluding hydrogens is 178 g/mol. The Hall–Kier alpha value is -0.900. The van der Waals surface area contributed by atoms with Gasteiger partial charge in [-0.3, -0.25) is 0 Å². The molecule has 0 spiro atoms. The zero-order valence-electron chi connectivity index (χ0n) is 9.16. The molecule has 1 unspecified atom stereocenters. The number of nitrogens with two attached hydrogens (primary N) is 1. The lowest BCUT2D eigenvalue weighted by molar-refractivity contribution is 0.342. The highest BCUT2D eigenvalue weighted by atomic mass is 16.5. The van der Waals surface area contributed by atoms with E-state index in [1.165, 1.54) is 0 Å². The van der Waals surface area contributed by atoms with Crippen molar-refractivity contribution < 1.29 is 4.52 Å². The molecule has 0 fully saturated rings. The van der Waals surface area contributed by atoms with E-state index in [9.17, 15) is 0 Å². The van der Waals surface area contributed by atoms with E-state index in [-0.39, 0.29) is 5.92 Å². The van der Waals surface area contributed by atoms with Crippen molar-refractivity contribution in [2.75, 3.05) is 6.54 Å². The molecule has 1 aromatic heterocycles. The molecule has 0 aliphatic carbocycles. The normalized spacial score (nSPS) is 13.5. The van der Waals surface area contributed by atoms with Crippen LogP contribution in [0.2, 0.25) is 0 Å². The molecule has 4 nitrogen and oxygen atoms in total. The highest BCUT2D eigenvalue weighted by molar-refractivity contribution is 4.97. The van der Waals surface area contributed by atoms with Crippen LogP contribution < -0.4 is 5.73 Å². The van der Waals surface area contributed by atoms with Gasteiger partial charge < -0.3 is 10.3 Å². The average molecular weight is 197 g/mol. The maximum Gasteiger partial charge on any atom is 0.231 e. The van der Waals surface area contributed by atoms with E-state index in [0.29, 0.717) is 18.4 Å². The van der Waals surface area contributed by atoms with E-state index in [1.807, 2.05) is 13.8 Å². The summed E-state index contributed by atoms with van der Waals surface area (Å²) in [5.41, 5.74) is 5.65. The van der Waals surface area contributed by atoms with Gasteiger partial charge >= 0.3 is 0 Å². The summed E-state index contributed by atoms with van der Waals surface area (Å²) in [7, 11) is 0. The van der Waals surface area contributed by atoms with E-state index in [2.05, 4.69) is 17.1 Å². The standard InChI is InChI=1S/C10H19N3O/c1-4-5-8(6-11)10-12-9(7(2)3)13-14-10/h7-8H,4-6,11H2,1-3H3. The summed E-state index contributed by atoms with van der Waals surface area (Å²) < 4.78 is 5.19. The van der Waals surface area contributed by atoms with Crippen molar-refractivity contribution in [2.24, 2.45) is 5.73 Å². The fraction of sp³-hybridized carbons (Fsp3) is 0.800. The lowest BCUT2D eigenvalue weighted by Crippen LogP contribution is -2.12. The first-order valence-electron chi connectivity index (χ1n) is 5.22. The van der Waals surface area contributed by atoms with Crippen molar-refractivity contribution in [2.45, 2.75) is 45.4 Å². The molecular formula is C10H19N3O. The quantitative estimate of drug-likeness (QED) is 0.784. The van der Waals surface area contributed by atoms with Gasteiger partial charge in [-0.2, -0.15) is 4.98 Å². The Bertz CT molecular complexity index is 270. The Balaban J connectivity index is 2.73. The van der Waals surface area contributed by atoms with Gasteiger partial charge in [-0.1, -0.05) is 32.3 Å². The lowest BCUT2D eigenvalue weighted by atomic mass is 10.0. The molecule has 0 saturated carbocycles. The van der Waals surface area contributed by atoms with Gasteiger partial charge in [0, 0.05) is 12.5 Å². The highest BCUT2D eigenvalue weighted by Crippen LogP contribution is 2.20. The molecule has 1 heterocycles. The molecule has 0 aliphatic rings. The summed E-state index contributed by atoms with van der Waals surface area (Å²) >= 11 is 0. The molecule has 1 atom stereocenters.